The summed E-state index contributed by atoms with van der Waals surface area (Å²) >= 11 is 0. The molecule has 0 spiro atoms. The molecule has 0 saturated carbocycles. The molecule has 1 aromatic carbocycles. The summed E-state index contributed by atoms with van der Waals surface area (Å²) in [5, 5.41) is 0. The number of rotatable bonds is 5. The van der Waals surface area contributed by atoms with Crippen molar-refractivity contribution < 1.29 is 27.5 Å². The molecule has 28 heavy (non-hydrogen) atoms. The molecule has 2 heterocycles. The van der Waals surface area contributed by atoms with Crippen LogP contribution in [0.5, 0.6) is 0 Å². The van der Waals surface area contributed by atoms with Gasteiger partial charge in [-0.1, -0.05) is 6.07 Å². The maximum Gasteiger partial charge on any atom is 0.338 e. The molecule has 3 rings (SSSR count). The van der Waals surface area contributed by atoms with Gasteiger partial charge in [0.15, 0.2) is 6.10 Å². The lowest BCUT2D eigenvalue weighted by molar-refractivity contribution is -0.138. The molecule has 2 aliphatic heterocycles. The Morgan fingerprint density at radius 3 is 2.39 bits per heavy atom. The van der Waals surface area contributed by atoms with Gasteiger partial charge >= 0.3 is 5.97 Å². The van der Waals surface area contributed by atoms with Crippen molar-refractivity contribution in [2.45, 2.75) is 37.7 Å². The first-order valence-electron chi connectivity index (χ1n) is 9.49. The van der Waals surface area contributed by atoms with E-state index in [4.69, 9.17) is 9.47 Å². The van der Waals surface area contributed by atoms with Crippen LogP contribution in [-0.4, -0.2) is 75.0 Å². The molecule has 0 radical (unpaired) electrons. The van der Waals surface area contributed by atoms with Crippen molar-refractivity contribution in [2.75, 3.05) is 39.4 Å². The van der Waals surface area contributed by atoms with Gasteiger partial charge in [0, 0.05) is 26.2 Å². The molecule has 0 aromatic heterocycles. The van der Waals surface area contributed by atoms with Crippen molar-refractivity contribution in [3.8, 4) is 0 Å². The van der Waals surface area contributed by atoms with Crippen LogP contribution in [0.3, 0.4) is 0 Å². The van der Waals surface area contributed by atoms with Crippen LogP contribution in [0, 0.1) is 6.92 Å². The molecule has 154 valence electrons. The predicted molar refractivity (Wildman–Crippen MR) is 101 cm³/mol. The number of morpholine rings is 1. The molecule has 0 bridgehead atoms. The van der Waals surface area contributed by atoms with Crippen molar-refractivity contribution in [3.63, 3.8) is 0 Å². The van der Waals surface area contributed by atoms with E-state index in [9.17, 15) is 18.0 Å². The van der Waals surface area contributed by atoms with Crippen LogP contribution < -0.4 is 0 Å². The van der Waals surface area contributed by atoms with Crippen LogP contribution in [-0.2, 0) is 24.3 Å². The molecule has 2 fully saturated rings. The second-order valence-corrected chi connectivity index (χ2v) is 8.98. The van der Waals surface area contributed by atoms with Gasteiger partial charge in [-0.2, -0.15) is 4.31 Å². The molecule has 1 aromatic rings. The van der Waals surface area contributed by atoms with Crippen LogP contribution in [0.15, 0.2) is 23.1 Å². The Hall–Kier alpha value is -1.97. The highest BCUT2D eigenvalue weighted by Gasteiger charge is 2.30. The fourth-order valence-electron chi connectivity index (χ4n) is 3.40. The van der Waals surface area contributed by atoms with Gasteiger partial charge in [0.25, 0.3) is 5.91 Å². The minimum absolute atomic E-state index is 0.0716. The zero-order valence-electron chi connectivity index (χ0n) is 16.2. The summed E-state index contributed by atoms with van der Waals surface area (Å²) in [6.45, 7) is 5.81. The highest BCUT2D eigenvalue weighted by atomic mass is 32.2. The van der Waals surface area contributed by atoms with Crippen LogP contribution in [0.4, 0.5) is 0 Å². The first kappa shape index (κ1) is 20.8. The van der Waals surface area contributed by atoms with E-state index in [1.165, 1.54) is 23.4 Å². The van der Waals surface area contributed by atoms with Crippen LogP contribution >= 0.6 is 0 Å². The lowest BCUT2D eigenvalue weighted by Gasteiger charge is -2.26. The van der Waals surface area contributed by atoms with Crippen LogP contribution in [0.2, 0.25) is 0 Å². The molecular formula is C19H26N2O6S. The van der Waals surface area contributed by atoms with Crippen molar-refractivity contribution in [1.82, 2.24) is 9.21 Å². The summed E-state index contributed by atoms with van der Waals surface area (Å²) in [6, 6.07) is 4.43. The number of amides is 1. The largest absolute Gasteiger partial charge is 0.449 e. The molecule has 1 amide bonds. The standard InChI is InChI=1S/C19H26N2O6S/c1-14-5-6-16(13-17(14)28(24,25)21-9-11-26-12-10-21)19(23)27-15(2)18(22)20-7-3-4-8-20/h5-6,13,15H,3-4,7-12H2,1-2H3. The Morgan fingerprint density at radius 2 is 1.75 bits per heavy atom. The lowest BCUT2D eigenvalue weighted by Crippen LogP contribution is -2.41. The van der Waals surface area contributed by atoms with Crippen molar-refractivity contribution in [2.24, 2.45) is 0 Å². The Kier molecular flexibility index (Phi) is 6.36. The Labute approximate surface area is 165 Å². The Bertz CT molecular complexity index is 842. The van der Waals surface area contributed by atoms with E-state index in [-0.39, 0.29) is 29.5 Å². The van der Waals surface area contributed by atoms with Gasteiger partial charge in [0.2, 0.25) is 10.0 Å². The van der Waals surface area contributed by atoms with E-state index in [0.717, 1.165) is 12.8 Å². The van der Waals surface area contributed by atoms with Gasteiger partial charge in [-0.15, -0.1) is 0 Å². The molecule has 1 unspecified atom stereocenters. The monoisotopic (exact) mass is 410 g/mol. The fourth-order valence-corrected chi connectivity index (χ4v) is 5.06. The number of benzene rings is 1. The van der Waals surface area contributed by atoms with E-state index in [1.807, 2.05) is 0 Å². The minimum Gasteiger partial charge on any atom is -0.449 e. The first-order valence-corrected chi connectivity index (χ1v) is 10.9. The summed E-state index contributed by atoms with van der Waals surface area (Å²) in [5.41, 5.74) is 0.655. The minimum atomic E-state index is -3.74. The molecule has 2 aliphatic rings. The van der Waals surface area contributed by atoms with E-state index in [0.29, 0.717) is 31.9 Å². The third kappa shape index (κ3) is 4.37. The molecule has 0 N–H and O–H groups in total. The third-order valence-electron chi connectivity index (χ3n) is 5.06. The van der Waals surface area contributed by atoms with Gasteiger partial charge in [0.1, 0.15) is 0 Å². The predicted octanol–water partition coefficient (Wildman–Crippen LogP) is 1.18. The third-order valence-corrected chi connectivity index (χ3v) is 7.10. The number of esters is 1. The molecule has 0 aliphatic carbocycles. The van der Waals surface area contributed by atoms with Crippen molar-refractivity contribution in [3.05, 3.63) is 29.3 Å². The van der Waals surface area contributed by atoms with E-state index < -0.39 is 22.1 Å². The summed E-state index contributed by atoms with van der Waals surface area (Å²) in [7, 11) is -3.74. The quantitative estimate of drug-likeness (QED) is 0.677. The normalized spacial score (nSPS) is 19.4. The Morgan fingerprint density at radius 1 is 1.11 bits per heavy atom. The average Bonchev–Trinajstić information content (AvgIpc) is 3.23. The second kappa shape index (κ2) is 8.59. The number of carbonyl (C=O) groups is 2. The number of likely N-dealkylation sites (tertiary alicyclic amines) is 1. The summed E-state index contributed by atoms with van der Waals surface area (Å²) in [6.07, 6.45) is 0.992. The average molecular weight is 410 g/mol. The number of aryl methyl sites for hydroxylation is 1. The highest BCUT2D eigenvalue weighted by molar-refractivity contribution is 7.89. The Balaban J connectivity index is 1.76. The summed E-state index contributed by atoms with van der Waals surface area (Å²) in [4.78, 5) is 26.6. The van der Waals surface area contributed by atoms with Crippen LogP contribution in [0.1, 0.15) is 35.7 Å². The second-order valence-electron chi connectivity index (χ2n) is 7.08. The molecule has 1 atom stereocenters. The number of hydrogen-bond acceptors (Lipinski definition) is 6. The zero-order chi connectivity index (χ0) is 20.3. The number of ether oxygens (including phenoxy) is 2. The zero-order valence-corrected chi connectivity index (χ0v) is 17.0. The van der Waals surface area contributed by atoms with E-state index in [2.05, 4.69) is 0 Å². The first-order chi connectivity index (χ1) is 13.3. The van der Waals surface area contributed by atoms with Gasteiger partial charge in [-0.3, -0.25) is 4.79 Å². The van der Waals surface area contributed by atoms with Crippen molar-refractivity contribution >= 4 is 21.9 Å². The van der Waals surface area contributed by atoms with E-state index in [1.54, 1.807) is 17.9 Å². The van der Waals surface area contributed by atoms with E-state index >= 15 is 0 Å². The molecule has 8 nitrogen and oxygen atoms in total. The summed E-state index contributed by atoms with van der Waals surface area (Å²) < 4.78 is 37.8. The van der Waals surface area contributed by atoms with Gasteiger partial charge in [-0.05, 0) is 44.4 Å². The number of carbonyl (C=O) groups excluding carboxylic acids is 2. The van der Waals surface area contributed by atoms with Crippen LogP contribution in [0.25, 0.3) is 0 Å². The van der Waals surface area contributed by atoms with Gasteiger partial charge in [0.05, 0.1) is 23.7 Å². The highest BCUT2D eigenvalue weighted by Crippen LogP contribution is 2.23. The smallest absolute Gasteiger partial charge is 0.338 e. The summed E-state index contributed by atoms with van der Waals surface area (Å²) in [5.74, 6) is -0.933. The fraction of sp³-hybridized carbons (Fsp3) is 0.579. The number of nitrogens with zero attached hydrogens (tertiary/aromatic N) is 2. The van der Waals surface area contributed by atoms with Gasteiger partial charge < -0.3 is 14.4 Å². The topological polar surface area (TPSA) is 93.2 Å². The number of sulfonamides is 1. The lowest BCUT2D eigenvalue weighted by atomic mass is 10.1. The molecule has 2 saturated heterocycles. The maximum atomic E-state index is 12.9. The maximum absolute atomic E-state index is 12.9. The molecular weight excluding hydrogens is 384 g/mol. The molecule has 9 heteroatoms. The van der Waals surface area contributed by atoms with Gasteiger partial charge in [-0.25, -0.2) is 13.2 Å². The SMILES string of the molecule is Cc1ccc(C(=O)OC(C)C(=O)N2CCCC2)cc1S(=O)(=O)N1CCOCC1. The number of hydrogen-bond donors (Lipinski definition) is 0. The van der Waals surface area contributed by atoms with Crippen molar-refractivity contribution in [1.29, 1.82) is 0 Å².